The van der Waals surface area contributed by atoms with Gasteiger partial charge in [0.05, 0.1) is 46.5 Å². The molecule has 4 aromatic rings. The lowest BCUT2D eigenvalue weighted by Crippen LogP contribution is -2.34. The van der Waals surface area contributed by atoms with Gasteiger partial charge in [-0.2, -0.15) is 5.26 Å². The predicted octanol–water partition coefficient (Wildman–Crippen LogP) is 6.02. The van der Waals surface area contributed by atoms with Crippen molar-refractivity contribution < 1.29 is 27.5 Å². The maximum absolute atomic E-state index is 14.2. The van der Waals surface area contributed by atoms with Crippen molar-refractivity contribution in [1.82, 2.24) is 9.29 Å². The molecule has 9 nitrogen and oxygen atoms in total. The monoisotopic (exact) mass is 585 g/mol. The minimum Gasteiger partial charge on any atom is -0.465 e. The second-order valence-electron chi connectivity index (χ2n) is 11.3. The molecule has 0 radical (unpaired) electrons. The van der Waals surface area contributed by atoms with Crippen LogP contribution in [0.4, 0.5) is 4.79 Å². The molecule has 1 atom stereocenters. The fourth-order valence-electron chi connectivity index (χ4n) is 5.33. The first kappa shape index (κ1) is 28.9. The molecule has 10 heteroatoms. The summed E-state index contributed by atoms with van der Waals surface area (Å²) in [6, 6.07) is 18.1. The largest absolute Gasteiger partial charge is 0.465 e. The number of ether oxygens (including phenoxy) is 2. The molecule has 0 bridgehead atoms. The third-order valence-electron chi connectivity index (χ3n) is 7.18. The molecule has 1 amide bonds. The summed E-state index contributed by atoms with van der Waals surface area (Å²) in [5, 5.41) is 13.3. The molecule has 1 N–H and O–H groups in total. The van der Waals surface area contributed by atoms with Gasteiger partial charge in [0.15, 0.2) is 0 Å². The second kappa shape index (κ2) is 10.7. The first-order valence-corrected chi connectivity index (χ1v) is 14.9. The van der Waals surface area contributed by atoms with Gasteiger partial charge in [-0.15, -0.1) is 0 Å². The molecule has 42 heavy (non-hydrogen) atoms. The third-order valence-corrected chi connectivity index (χ3v) is 8.92. The minimum atomic E-state index is -4.12. The smallest absolute Gasteiger partial charge is 0.408 e. The Balaban J connectivity index is 1.73. The van der Waals surface area contributed by atoms with E-state index in [1.54, 1.807) is 63.2 Å². The van der Waals surface area contributed by atoms with Crippen LogP contribution in [0.1, 0.15) is 65.8 Å². The van der Waals surface area contributed by atoms with Crippen molar-refractivity contribution in [2.45, 2.75) is 57.1 Å². The van der Waals surface area contributed by atoms with Crippen LogP contribution in [0, 0.1) is 18.3 Å². The van der Waals surface area contributed by atoms with Crippen LogP contribution in [-0.2, 0) is 25.9 Å². The Morgan fingerprint density at radius 1 is 1.05 bits per heavy atom. The van der Waals surface area contributed by atoms with Crippen LogP contribution in [0.3, 0.4) is 0 Å². The van der Waals surface area contributed by atoms with Crippen molar-refractivity contribution in [1.29, 1.82) is 5.26 Å². The number of methoxy groups -OCH3 is 1. The fourth-order valence-corrected chi connectivity index (χ4v) is 6.86. The van der Waals surface area contributed by atoms with E-state index in [0.29, 0.717) is 35.0 Å². The molecule has 1 aliphatic carbocycles. The SMILES string of the molecule is COC(=O)c1cc(C#N)cc(-c2cc3c4c(ccc3n2S(=O)(=O)c2ccc(C)cc2)C(NC(=O)OC(C)(C)C)CC4)c1. The van der Waals surface area contributed by atoms with Gasteiger partial charge in [-0.05, 0) is 94.1 Å². The van der Waals surface area contributed by atoms with E-state index in [1.165, 1.54) is 23.2 Å². The lowest BCUT2D eigenvalue weighted by Gasteiger charge is -2.22. The Kier molecular flexibility index (Phi) is 7.33. The number of esters is 1. The molecule has 5 rings (SSSR count). The molecule has 1 aromatic heterocycles. The number of amides is 1. The zero-order valence-corrected chi connectivity index (χ0v) is 24.8. The molecular weight excluding hydrogens is 554 g/mol. The number of nitriles is 1. The van der Waals surface area contributed by atoms with Gasteiger partial charge in [-0.25, -0.2) is 22.0 Å². The van der Waals surface area contributed by atoms with Gasteiger partial charge in [0.25, 0.3) is 10.0 Å². The molecule has 0 aliphatic heterocycles. The summed E-state index contributed by atoms with van der Waals surface area (Å²) in [4.78, 5) is 25.1. The molecule has 0 saturated carbocycles. The van der Waals surface area contributed by atoms with Gasteiger partial charge >= 0.3 is 12.1 Å². The molecule has 0 spiro atoms. The number of hydrogen-bond donors (Lipinski definition) is 1. The summed E-state index contributed by atoms with van der Waals surface area (Å²) in [5.74, 6) is -0.644. The maximum atomic E-state index is 14.2. The molecule has 0 saturated heterocycles. The van der Waals surface area contributed by atoms with E-state index in [0.717, 1.165) is 16.7 Å². The van der Waals surface area contributed by atoms with Gasteiger partial charge in [0.1, 0.15) is 5.60 Å². The van der Waals surface area contributed by atoms with Crippen LogP contribution in [0.2, 0.25) is 0 Å². The summed E-state index contributed by atoms with van der Waals surface area (Å²) in [5.41, 5.74) is 3.49. The number of carbonyl (C=O) groups is 2. The first-order chi connectivity index (χ1) is 19.8. The van der Waals surface area contributed by atoms with Crippen LogP contribution in [-0.4, -0.2) is 37.2 Å². The number of aryl methyl sites for hydroxylation is 2. The van der Waals surface area contributed by atoms with Crippen LogP contribution >= 0.6 is 0 Å². The summed E-state index contributed by atoms with van der Waals surface area (Å²) < 4.78 is 40.0. The Morgan fingerprint density at radius 2 is 1.76 bits per heavy atom. The highest BCUT2D eigenvalue weighted by Gasteiger charge is 2.31. The minimum absolute atomic E-state index is 0.0986. The Morgan fingerprint density at radius 3 is 2.40 bits per heavy atom. The van der Waals surface area contributed by atoms with Crippen molar-refractivity contribution in [3.63, 3.8) is 0 Å². The number of fused-ring (bicyclic) bond motifs is 3. The van der Waals surface area contributed by atoms with Crippen molar-refractivity contribution in [2.75, 3.05) is 7.11 Å². The van der Waals surface area contributed by atoms with Gasteiger partial charge in [0.2, 0.25) is 0 Å². The summed E-state index contributed by atoms with van der Waals surface area (Å²) in [7, 11) is -2.88. The standard InChI is InChI=1S/C32H31N3O6S/c1-19-6-8-23(9-7-19)42(38,39)35-28-13-11-25-24(10-12-27(25)34-31(37)41-32(2,3)4)26(28)17-29(35)21-14-20(18-33)15-22(16-21)30(36)40-5/h6-9,11,13-17,27H,10,12H2,1-5H3,(H,34,37). The number of carbonyl (C=O) groups excluding carboxylic acids is 2. The Hall–Kier alpha value is -4.62. The van der Waals surface area contributed by atoms with E-state index in [9.17, 15) is 23.3 Å². The van der Waals surface area contributed by atoms with Crippen LogP contribution in [0.15, 0.2) is 65.6 Å². The van der Waals surface area contributed by atoms with E-state index >= 15 is 0 Å². The number of hydrogen-bond acceptors (Lipinski definition) is 7. The number of rotatable bonds is 5. The van der Waals surface area contributed by atoms with Crippen LogP contribution < -0.4 is 5.32 Å². The van der Waals surface area contributed by atoms with E-state index in [1.807, 2.05) is 19.1 Å². The first-order valence-electron chi connectivity index (χ1n) is 13.5. The summed E-state index contributed by atoms with van der Waals surface area (Å²) >= 11 is 0. The normalized spacial score (nSPS) is 14.7. The third kappa shape index (κ3) is 5.35. The fraction of sp³-hybridized carbons (Fsp3) is 0.281. The molecule has 1 aliphatic rings. The quantitative estimate of drug-likeness (QED) is 0.284. The lowest BCUT2D eigenvalue weighted by atomic mass is 10.0. The highest BCUT2D eigenvalue weighted by molar-refractivity contribution is 7.90. The number of alkyl carbamates (subject to hydrolysis) is 1. The Labute approximate surface area is 244 Å². The van der Waals surface area contributed by atoms with Crippen molar-refractivity contribution in [2.24, 2.45) is 0 Å². The van der Waals surface area contributed by atoms with E-state index in [-0.39, 0.29) is 22.1 Å². The number of nitrogens with one attached hydrogen (secondary N) is 1. The summed E-state index contributed by atoms with van der Waals surface area (Å²) in [6.45, 7) is 7.26. The van der Waals surface area contributed by atoms with Crippen molar-refractivity contribution >= 4 is 33.0 Å². The van der Waals surface area contributed by atoms with Gasteiger partial charge in [-0.1, -0.05) is 23.8 Å². The van der Waals surface area contributed by atoms with E-state index < -0.39 is 27.7 Å². The molecule has 0 fully saturated rings. The number of aromatic nitrogens is 1. The van der Waals surface area contributed by atoms with E-state index in [4.69, 9.17) is 9.47 Å². The van der Waals surface area contributed by atoms with Gasteiger partial charge in [-0.3, -0.25) is 0 Å². The molecule has 3 aromatic carbocycles. The molecule has 1 heterocycles. The molecule has 216 valence electrons. The summed E-state index contributed by atoms with van der Waals surface area (Å²) in [6.07, 6.45) is 0.701. The highest BCUT2D eigenvalue weighted by atomic mass is 32.2. The zero-order chi connectivity index (χ0) is 30.4. The average Bonchev–Trinajstić information content (AvgIpc) is 3.53. The maximum Gasteiger partial charge on any atom is 0.408 e. The van der Waals surface area contributed by atoms with Gasteiger partial charge < -0.3 is 14.8 Å². The van der Waals surface area contributed by atoms with Crippen molar-refractivity contribution in [3.8, 4) is 17.3 Å². The highest BCUT2D eigenvalue weighted by Crippen LogP contribution is 2.41. The van der Waals surface area contributed by atoms with E-state index in [2.05, 4.69) is 5.32 Å². The predicted molar refractivity (Wildman–Crippen MR) is 158 cm³/mol. The average molecular weight is 586 g/mol. The zero-order valence-electron chi connectivity index (χ0n) is 24.0. The molecule has 1 unspecified atom stereocenters. The van der Waals surface area contributed by atoms with Gasteiger partial charge in [0, 0.05) is 10.9 Å². The number of nitrogens with zero attached hydrogens (tertiary/aromatic N) is 2. The second-order valence-corrected chi connectivity index (χ2v) is 13.1. The Bertz CT molecular complexity index is 1880. The number of benzene rings is 3. The topological polar surface area (TPSA) is 127 Å². The van der Waals surface area contributed by atoms with Crippen molar-refractivity contribution in [3.05, 3.63) is 88.5 Å². The van der Waals surface area contributed by atoms with Crippen LogP contribution in [0.25, 0.3) is 22.2 Å². The lowest BCUT2D eigenvalue weighted by molar-refractivity contribution is 0.0502. The van der Waals surface area contributed by atoms with Crippen LogP contribution in [0.5, 0.6) is 0 Å². The molecular formula is C32H31N3O6S.